The van der Waals surface area contributed by atoms with Crippen molar-refractivity contribution >= 4 is 5.91 Å². The van der Waals surface area contributed by atoms with E-state index in [0.717, 1.165) is 4.90 Å². The van der Waals surface area contributed by atoms with Crippen LogP contribution in [0.5, 0.6) is 0 Å². The molecule has 0 bridgehead atoms. The standard InChI is InChI=1S/C6H13NO4/c1-2-5(9)7(3-4-8)6(10)11/h6,8,10-11H,2-4H2,1H3. The molecule has 0 rings (SSSR count). The Kier molecular flexibility index (Phi) is 4.76. The predicted octanol–water partition coefficient (Wildman–Crippen LogP) is -1.51. The zero-order valence-electron chi connectivity index (χ0n) is 6.40. The van der Waals surface area contributed by atoms with Gasteiger partial charge in [-0.3, -0.25) is 9.69 Å². The van der Waals surface area contributed by atoms with E-state index in [4.69, 9.17) is 15.3 Å². The molecule has 3 N–H and O–H groups in total. The second kappa shape index (κ2) is 5.06. The molecule has 11 heavy (non-hydrogen) atoms. The fraction of sp³-hybridized carbons (Fsp3) is 0.833. The molecule has 0 radical (unpaired) electrons. The zero-order valence-corrected chi connectivity index (χ0v) is 6.40. The molecule has 0 aromatic rings. The van der Waals surface area contributed by atoms with E-state index in [0.29, 0.717) is 0 Å². The number of carbonyl (C=O) groups excluding carboxylic acids is 1. The van der Waals surface area contributed by atoms with Crippen LogP contribution in [-0.4, -0.2) is 45.7 Å². The molecule has 0 unspecified atom stereocenters. The van der Waals surface area contributed by atoms with Crippen molar-refractivity contribution in [1.82, 2.24) is 4.90 Å². The zero-order chi connectivity index (χ0) is 8.85. The lowest BCUT2D eigenvalue weighted by Gasteiger charge is -2.22. The smallest absolute Gasteiger partial charge is 0.237 e. The van der Waals surface area contributed by atoms with Gasteiger partial charge >= 0.3 is 0 Å². The summed E-state index contributed by atoms with van der Waals surface area (Å²) in [5, 5.41) is 25.6. The van der Waals surface area contributed by atoms with Crippen molar-refractivity contribution in [3.8, 4) is 0 Å². The molecule has 0 aliphatic heterocycles. The molecule has 0 atom stereocenters. The molecule has 0 heterocycles. The van der Waals surface area contributed by atoms with Gasteiger partial charge in [-0.25, -0.2) is 0 Å². The van der Waals surface area contributed by atoms with Gasteiger partial charge in [0.1, 0.15) is 0 Å². The van der Waals surface area contributed by atoms with E-state index in [1.165, 1.54) is 0 Å². The quantitative estimate of drug-likeness (QED) is 0.440. The molecule has 0 spiro atoms. The van der Waals surface area contributed by atoms with Gasteiger partial charge in [0.05, 0.1) is 6.61 Å². The maximum Gasteiger partial charge on any atom is 0.237 e. The van der Waals surface area contributed by atoms with E-state index < -0.39 is 12.3 Å². The summed E-state index contributed by atoms with van der Waals surface area (Å²) >= 11 is 0. The first-order valence-corrected chi connectivity index (χ1v) is 3.40. The van der Waals surface area contributed by atoms with Crippen LogP contribution in [0.1, 0.15) is 13.3 Å². The normalized spacial score (nSPS) is 10.3. The molecule has 0 saturated carbocycles. The number of aliphatic hydroxyl groups is 3. The lowest BCUT2D eigenvalue weighted by atomic mass is 10.4. The Balaban J connectivity index is 3.98. The molecule has 0 aliphatic rings. The second-order valence-corrected chi connectivity index (χ2v) is 2.01. The van der Waals surface area contributed by atoms with Crippen LogP contribution in [0.25, 0.3) is 0 Å². The van der Waals surface area contributed by atoms with Gasteiger partial charge in [-0.2, -0.15) is 0 Å². The third-order valence-corrected chi connectivity index (χ3v) is 1.24. The minimum atomic E-state index is -1.81. The molecular formula is C6H13NO4. The Morgan fingerprint density at radius 1 is 1.55 bits per heavy atom. The summed E-state index contributed by atoms with van der Waals surface area (Å²) in [5.41, 5.74) is 0. The van der Waals surface area contributed by atoms with E-state index >= 15 is 0 Å². The average molecular weight is 163 g/mol. The van der Waals surface area contributed by atoms with Crippen LogP contribution in [0.3, 0.4) is 0 Å². The Morgan fingerprint density at radius 3 is 2.36 bits per heavy atom. The van der Waals surface area contributed by atoms with Gasteiger partial charge in [0.15, 0.2) is 0 Å². The number of rotatable bonds is 4. The van der Waals surface area contributed by atoms with Crippen molar-refractivity contribution in [3.63, 3.8) is 0 Å². The number of aliphatic hydroxyl groups excluding tert-OH is 2. The highest BCUT2D eigenvalue weighted by molar-refractivity contribution is 5.75. The topological polar surface area (TPSA) is 81.0 Å². The third-order valence-electron chi connectivity index (χ3n) is 1.24. The number of hydrogen-bond donors (Lipinski definition) is 3. The van der Waals surface area contributed by atoms with Gasteiger partial charge in [-0.05, 0) is 0 Å². The summed E-state index contributed by atoms with van der Waals surface area (Å²) in [6.07, 6.45) is -1.62. The van der Waals surface area contributed by atoms with Crippen LogP contribution in [-0.2, 0) is 4.79 Å². The van der Waals surface area contributed by atoms with Crippen LogP contribution < -0.4 is 0 Å². The summed E-state index contributed by atoms with van der Waals surface area (Å²) in [5.74, 6) is -0.394. The van der Waals surface area contributed by atoms with Crippen LogP contribution in [0.15, 0.2) is 0 Å². The fourth-order valence-corrected chi connectivity index (χ4v) is 0.680. The SMILES string of the molecule is CCC(=O)N(CCO)C(O)O. The lowest BCUT2D eigenvalue weighted by Crippen LogP contribution is -2.41. The van der Waals surface area contributed by atoms with Crippen LogP contribution in [0.4, 0.5) is 0 Å². The first-order chi connectivity index (χ1) is 5.13. The molecule has 0 aromatic carbocycles. The number of nitrogens with zero attached hydrogens (tertiary/aromatic N) is 1. The van der Waals surface area contributed by atoms with E-state index in [9.17, 15) is 4.79 Å². The van der Waals surface area contributed by atoms with Gasteiger partial charge in [0.25, 0.3) is 0 Å². The molecule has 5 nitrogen and oxygen atoms in total. The molecule has 0 fully saturated rings. The minimum absolute atomic E-state index is 0.0513. The Bertz CT molecular complexity index is 126. The number of amides is 1. The summed E-state index contributed by atoms with van der Waals surface area (Å²) in [7, 11) is 0. The third kappa shape index (κ3) is 3.31. The Morgan fingerprint density at radius 2 is 2.09 bits per heavy atom. The van der Waals surface area contributed by atoms with E-state index in [1.54, 1.807) is 6.92 Å². The summed E-state index contributed by atoms with van der Waals surface area (Å²) in [4.78, 5) is 11.6. The lowest BCUT2D eigenvalue weighted by molar-refractivity contribution is -0.177. The predicted molar refractivity (Wildman–Crippen MR) is 37.3 cm³/mol. The van der Waals surface area contributed by atoms with Gasteiger partial charge in [0.2, 0.25) is 12.3 Å². The first-order valence-electron chi connectivity index (χ1n) is 3.40. The molecule has 5 heteroatoms. The maximum atomic E-state index is 10.8. The first kappa shape index (κ1) is 10.3. The van der Waals surface area contributed by atoms with Gasteiger partial charge in [-0.1, -0.05) is 6.92 Å². The summed E-state index contributed by atoms with van der Waals surface area (Å²) in [6, 6.07) is 0. The summed E-state index contributed by atoms with van der Waals surface area (Å²) < 4.78 is 0. The van der Waals surface area contributed by atoms with Crippen molar-refractivity contribution in [2.24, 2.45) is 0 Å². The molecule has 1 amide bonds. The Hall–Kier alpha value is -0.650. The van der Waals surface area contributed by atoms with E-state index in [1.807, 2.05) is 0 Å². The van der Waals surface area contributed by atoms with Crippen LogP contribution in [0.2, 0.25) is 0 Å². The maximum absolute atomic E-state index is 10.8. The molecule has 0 aliphatic carbocycles. The fourth-order valence-electron chi connectivity index (χ4n) is 0.680. The minimum Gasteiger partial charge on any atom is -0.395 e. The molecule has 0 saturated heterocycles. The number of carbonyl (C=O) groups is 1. The van der Waals surface area contributed by atoms with Crippen molar-refractivity contribution in [1.29, 1.82) is 0 Å². The monoisotopic (exact) mass is 163 g/mol. The van der Waals surface area contributed by atoms with Gasteiger partial charge in [-0.15, -0.1) is 0 Å². The highest BCUT2D eigenvalue weighted by atomic mass is 16.5. The van der Waals surface area contributed by atoms with Crippen LogP contribution in [0, 0.1) is 0 Å². The molecule has 66 valence electrons. The van der Waals surface area contributed by atoms with E-state index in [2.05, 4.69) is 0 Å². The molecule has 0 aromatic heterocycles. The van der Waals surface area contributed by atoms with Crippen molar-refractivity contribution in [3.05, 3.63) is 0 Å². The number of hydrogen-bond acceptors (Lipinski definition) is 4. The van der Waals surface area contributed by atoms with Gasteiger partial charge in [0, 0.05) is 13.0 Å². The second-order valence-electron chi connectivity index (χ2n) is 2.01. The van der Waals surface area contributed by atoms with Crippen molar-refractivity contribution in [2.45, 2.75) is 19.8 Å². The largest absolute Gasteiger partial charge is 0.395 e. The highest BCUT2D eigenvalue weighted by Gasteiger charge is 2.16. The van der Waals surface area contributed by atoms with Gasteiger partial charge < -0.3 is 15.3 Å². The van der Waals surface area contributed by atoms with Crippen LogP contribution >= 0.6 is 0 Å². The average Bonchev–Trinajstić information content (AvgIpc) is 1.98. The van der Waals surface area contributed by atoms with E-state index in [-0.39, 0.29) is 19.6 Å². The molecular weight excluding hydrogens is 150 g/mol. The highest BCUT2D eigenvalue weighted by Crippen LogP contribution is 1.96. The van der Waals surface area contributed by atoms with Crippen molar-refractivity contribution < 1.29 is 20.1 Å². The summed E-state index contributed by atoms with van der Waals surface area (Å²) in [6.45, 7) is 1.28. The van der Waals surface area contributed by atoms with Crippen molar-refractivity contribution in [2.75, 3.05) is 13.2 Å². The Labute approximate surface area is 64.9 Å².